The van der Waals surface area contributed by atoms with Crippen LogP contribution in [0.25, 0.3) is 0 Å². The zero-order valence-corrected chi connectivity index (χ0v) is 16.2. The molecule has 0 fully saturated rings. The fraction of sp³-hybridized carbons (Fsp3) is 0.174. The molecule has 1 unspecified atom stereocenters. The van der Waals surface area contributed by atoms with Crippen molar-refractivity contribution >= 4 is 11.6 Å². The fourth-order valence-electron chi connectivity index (χ4n) is 4.04. The van der Waals surface area contributed by atoms with Crippen molar-refractivity contribution in [2.75, 3.05) is 12.0 Å². The first-order valence-corrected chi connectivity index (χ1v) is 9.41. The Balaban J connectivity index is 1.75. The molecule has 0 N–H and O–H groups in total. The number of rotatable bonds is 3. The number of carbonyl (C=O) groups excluding carboxylic acids is 1. The second-order valence-electron chi connectivity index (χ2n) is 7.03. The molecular weight excluding hydrogens is 368 g/mol. The average Bonchev–Trinajstić information content (AvgIpc) is 3.21. The SMILES string of the molecule is COc1cccc2c1OC=C(C)N1c3ccccc3C(=O)N(Cc3ccco3)C21. The first-order chi connectivity index (χ1) is 14.2. The quantitative estimate of drug-likeness (QED) is 0.651. The summed E-state index contributed by atoms with van der Waals surface area (Å²) in [5.74, 6) is 1.90. The normalized spacial score (nSPS) is 17.5. The number of hydrogen-bond acceptors (Lipinski definition) is 5. The molecule has 3 aromatic rings. The summed E-state index contributed by atoms with van der Waals surface area (Å²) in [6.07, 6.45) is 2.93. The minimum atomic E-state index is -0.397. The largest absolute Gasteiger partial charge is 0.493 e. The number of allylic oxidation sites excluding steroid dienone is 1. The van der Waals surface area contributed by atoms with Crippen molar-refractivity contribution in [1.29, 1.82) is 0 Å². The number of anilines is 1. The molecule has 1 atom stereocenters. The topological polar surface area (TPSA) is 55.2 Å². The Morgan fingerprint density at radius 1 is 1.07 bits per heavy atom. The van der Waals surface area contributed by atoms with E-state index < -0.39 is 6.17 Å². The van der Waals surface area contributed by atoms with Crippen molar-refractivity contribution in [3.05, 3.63) is 89.7 Å². The molecule has 5 rings (SSSR count). The molecule has 1 amide bonds. The van der Waals surface area contributed by atoms with Gasteiger partial charge in [0.25, 0.3) is 5.91 Å². The van der Waals surface area contributed by atoms with Crippen LogP contribution >= 0.6 is 0 Å². The molecule has 0 aliphatic carbocycles. The monoisotopic (exact) mass is 388 g/mol. The molecule has 0 saturated carbocycles. The first-order valence-electron chi connectivity index (χ1n) is 9.41. The summed E-state index contributed by atoms with van der Waals surface area (Å²) in [4.78, 5) is 17.5. The number of furan rings is 1. The second-order valence-corrected chi connectivity index (χ2v) is 7.03. The van der Waals surface area contributed by atoms with Gasteiger partial charge < -0.3 is 23.7 Å². The third kappa shape index (κ3) is 2.68. The molecule has 1 aromatic heterocycles. The van der Waals surface area contributed by atoms with Crippen molar-refractivity contribution < 1.29 is 18.7 Å². The summed E-state index contributed by atoms with van der Waals surface area (Å²) >= 11 is 0. The van der Waals surface area contributed by atoms with E-state index in [9.17, 15) is 4.79 Å². The molecule has 29 heavy (non-hydrogen) atoms. The molecule has 2 aliphatic heterocycles. The van der Waals surface area contributed by atoms with Crippen LogP contribution in [0.2, 0.25) is 0 Å². The molecule has 0 saturated heterocycles. The highest BCUT2D eigenvalue weighted by atomic mass is 16.5. The number of nitrogens with zero attached hydrogens (tertiary/aromatic N) is 2. The van der Waals surface area contributed by atoms with E-state index >= 15 is 0 Å². The summed E-state index contributed by atoms with van der Waals surface area (Å²) < 4.78 is 17.1. The number of amides is 1. The maximum absolute atomic E-state index is 13.5. The minimum absolute atomic E-state index is 0.0540. The predicted octanol–water partition coefficient (Wildman–Crippen LogP) is 4.70. The second kappa shape index (κ2) is 6.74. The number of para-hydroxylation sites is 2. The molecule has 6 nitrogen and oxygen atoms in total. The molecule has 2 aromatic carbocycles. The van der Waals surface area contributed by atoms with Gasteiger partial charge in [-0.25, -0.2) is 0 Å². The molecule has 6 heteroatoms. The van der Waals surface area contributed by atoms with Gasteiger partial charge in [0.05, 0.1) is 36.9 Å². The van der Waals surface area contributed by atoms with Crippen LogP contribution in [0.5, 0.6) is 11.5 Å². The van der Waals surface area contributed by atoms with E-state index in [0.717, 1.165) is 16.9 Å². The summed E-state index contributed by atoms with van der Waals surface area (Å²) in [5.41, 5.74) is 3.24. The Bertz CT molecular complexity index is 1100. The van der Waals surface area contributed by atoms with Gasteiger partial charge in [-0.3, -0.25) is 4.79 Å². The molecule has 0 radical (unpaired) electrons. The van der Waals surface area contributed by atoms with Gasteiger partial charge in [0, 0.05) is 5.56 Å². The standard InChI is InChI=1S/C23H20N2O4/c1-15-14-29-21-18(9-5-11-20(21)27-2)22-24(13-16-7-6-12-28-16)23(26)17-8-3-4-10-19(17)25(15)22/h3-12,14,22H,13H2,1-2H3. The van der Waals surface area contributed by atoms with Gasteiger partial charge >= 0.3 is 0 Å². The van der Waals surface area contributed by atoms with Crippen LogP contribution in [0, 0.1) is 0 Å². The van der Waals surface area contributed by atoms with Crippen LogP contribution in [0.3, 0.4) is 0 Å². The molecular formula is C23H20N2O4. The minimum Gasteiger partial charge on any atom is -0.493 e. The highest BCUT2D eigenvalue weighted by molar-refractivity contribution is 6.02. The molecule has 146 valence electrons. The van der Waals surface area contributed by atoms with Crippen LogP contribution < -0.4 is 14.4 Å². The van der Waals surface area contributed by atoms with Crippen molar-refractivity contribution in [3.8, 4) is 11.5 Å². The number of benzene rings is 2. The maximum atomic E-state index is 13.5. The lowest BCUT2D eigenvalue weighted by Gasteiger charge is -2.45. The smallest absolute Gasteiger partial charge is 0.258 e. The van der Waals surface area contributed by atoms with Gasteiger partial charge in [0.2, 0.25) is 0 Å². The summed E-state index contributed by atoms with van der Waals surface area (Å²) in [7, 11) is 1.61. The summed E-state index contributed by atoms with van der Waals surface area (Å²) in [5, 5.41) is 0. The third-order valence-electron chi connectivity index (χ3n) is 5.34. The maximum Gasteiger partial charge on any atom is 0.258 e. The van der Waals surface area contributed by atoms with Gasteiger partial charge in [-0.15, -0.1) is 0 Å². The third-order valence-corrected chi connectivity index (χ3v) is 5.34. The number of carbonyl (C=O) groups is 1. The van der Waals surface area contributed by atoms with E-state index in [2.05, 4.69) is 4.90 Å². The fourth-order valence-corrected chi connectivity index (χ4v) is 4.04. The van der Waals surface area contributed by atoms with Crippen LogP contribution in [-0.2, 0) is 6.54 Å². The molecule has 0 bridgehead atoms. The van der Waals surface area contributed by atoms with E-state index in [1.54, 1.807) is 19.6 Å². The van der Waals surface area contributed by atoms with Crippen LogP contribution in [0.15, 0.2) is 77.2 Å². The Morgan fingerprint density at radius 2 is 1.93 bits per heavy atom. The van der Waals surface area contributed by atoms with E-state index in [4.69, 9.17) is 13.9 Å². The molecule has 2 aliphatic rings. The van der Waals surface area contributed by atoms with Crippen LogP contribution in [0.4, 0.5) is 5.69 Å². The number of ether oxygens (including phenoxy) is 2. The lowest BCUT2D eigenvalue weighted by Crippen LogP contribution is -2.48. The Labute approximate surface area is 168 Å². The van der Waals surface area contributed by atoms with E-state index in [-0.39, 0.29) is 5.91 Å². The van der Waals surface area contributed by atoms with Gasteiger partial charge in [-0.2, -0.15) is 0 Å². The van der Waals surface area contributed by atoms with Crippen LogP contribution in [-0.4, -0.2) is 17.9 Å². The Kier molecular flexibility index (Phi) is 4.05. The zero-order valence-electron chi connectivity index (χ0n) is 16.2. The molecule has 0 spiro atoms. The Morgan fingerprint density at radius 3 is 2.72 bits per heavy atom. The van der Waals surface area contributed by atoms with Crippen molar-refractivity contribution in [2.24, 2.45) is 0 Å². The lowest BCUT2D eigenvalue weighted by atomic mass is 9.99. The first kappa shape index (κ1) is 17.4. The van der Waals surface area contributed by atoms with Crippen molar-refractivity contribution in [3.63, 3.8) is 0 Å². The van der Waals surface area contributed by atoms with E-state index in [0.29, 0.717) is 29.4 Å². The number of fused-ring (bicyclic) bond motifs is 5. The van der Waals surface area contributed by atoms with Crippen molar-refractivity contribution in [2.45, 2.75) is 19.6 Å². The van der Waals surface area contributed by atoms with Crippen LogP contribution in [0.1, 0.15) is 34.8 Å². The average molecular weight is 388 g/mol. The van der Waals surface area contributed by atoms with Crippen molar-refractivity contribution in [1.82, 2.24) is 4.90 Å². The Hall–Kier alpha value is -3.67. The molecule has 3 heterocycles. The number of methoxy groups -OCH3 is 1. The highest BCUT2D eigenvalue weighted by Crippen LogP contribution is 2.48. The van der Waals surface area contributed by atoms with E-state index in [1.165, 1.54) is 0 Å². The highest BCUT2D eigenvalue weighted by Gasteiger charge is 2.42. The summed E-state index contributed by atoms with van der Waals surface area (Å²) in [6.45, 7) is 2.31. The van der Waals surface area contributed by atoms with Gasteiger partial charge in [0.15, 0.2) is 11.5 Å². The number of hydrogen-bond donors (Lipinski definition) is 0. The lowest BCUT2D eigenvalue weighted by molar-refractivity contribution is 0.0621. The van der Waals surface area contributed by atoms with Gasteiger partial charge in [-0.1, -0.05) is 24.3 Å². The van der Waals surface area contributed by atoms with E-state index in [1.807, 2.05) is 66.4 Å². The predicted molar refractivity (Wildman–Crippen MR) is 108 cm³/mol. The van der Waals surface area contributed by atoms with Gasteiger partial charge in [-0.05, 0) is 37.3 Å². The zero-order chi connectivity index (χ0) is 20.0. The van der Waals surface area contributed by atoms with Gasteiger partial charge in [0.1, 0.15) is 18.2 Å². The summed E-state index contributed by atoms with van der Waals surface area (Å²) in [6, 6.07) is 17.1.